The summed E-state index contributed by atoms with van der Waals surface area (Å²) in [5.74, 6) is 1.53. The maximum absolute atomic E-state index is 5.37. The molecule has 0 atom stereocenters. The summed E-state index contributed by atoms with van der Waals surface area (Å²) in [6, 6.07) is 6.05. The molecule has 1 heterocycles. The molecule has 162 valence electrons. The third-order valence-electron chi connectivity index (χ3n) is 5.45. The highest BCUT2D eigenvalue weighted by molar-refractivity contribution is 5.42. The number of hydrogen-bond donors (Lipinski definition) is 0. The van der Waals surface area contributed by atoms with E-state index in [1.165, 1.54) is 69.8 Å². The lowest BCUT2D eigenvalue weighted by atomic mass is 10.1. The van der Waals surface area contributed by atoms with E-state index in [-0.39, 0.29) is 0 Å². The second kappa shape index (κ2) is 14.0. The smallest absolute Gasteiger partial charge is 0.160 e. The number of ether oxygens (including phenoxy) is 2. The standard InChI is InChI=1S/C24H39N3O2/c1-4-5-6-7-8-9-10-11-12-13-14-22-20-27(26-25-22)18-17-21-15-16-23(28-2)24(19-21)29-3/h15-16,19-20H,4-14,17-18H2,1-3H3. The normalized spacial score (nSPS) is 11.0. The van der Waals surface area contributed by atoms with Crippen LogP contribution in [0, 0.1) is 0 Å². The van der Waals surface area contributed by atoms with Crippen LogP contribution in [0.4, 0.5) is 0 Å². The molecular weight excluding hydrogens is 362 g/mol. The molecule has 2 aromatic rings. The summed E-state index contributed by atoms with van der Waals surface area (Å²) in [5.41, 5.74) is 2.31. The summed E-state index contributed by atoms with van der Waals surface area (Å²) in [6.07, 6.45) is 17.6. The molecule has 0 saturated heterocycles. The van der Waals surface area contributed by atoms with Gasteiger partial charge < -0.3 is 9.47 Å². The molecule has 5 nitrogen and oxygen atoms in total. The SMILES string of the molecule is CCCCCCCCCCCCc1cn(CCc2ccc(OC)c(OC)c2)nn1. The molecular formula is C24H39N3O2. The van der Waals surface area contributed by atoms with Crippen molar-refractivity contribution in [1.29, 1.82) is 0 Å². The largest absolute Gasteiger partial charge is 0.493 e. The van der Waals surface area contributed by atoms with Gasteiger partial charge >= 0.3 is 0 Å². The summed E-state index contributed by atoms with van der Waals surface area (Å²) < 4.78 is 12.6. The summed E-state index contributed by atoms with van der Waals surface area (Å²) in [6.45, 7) is 3.09. The number of nitrogens with zero attached hydrogens (tertiary/aromatic N) is 3. The van der Waals surface area contributed by atoms with E-state index in [2.05, 4.69) is 29.5 Å². The molecule has 0 radical (unpaired) electrons. The van der Waals surface area contributed by atoms with E-state index in [0.717, 1.165) is 36.6 Å². The molecule has 0 spiro atoms. The van der Waals surface area contributed by atoms with Gasteiger partial charge in [-0.1, -0.05) is 76.0 Å². The monoisotopic (exact) mass is 401 g/mol. The Morgan fingerprint density at radius 2 is 1.45 bits per heavy atom. The lowest BCUT2D eigenvalue weighted by molar-refractivity contribution is 0.354. The molecule has 5 heteroatoms. The Morgan fingerprint density at radius 3 is 2.10 bits per heavy atom. The Bertz CT molecular complexity index is 685. The maximum Gasteiger partial charge on any atom is 0.160 e. The Hall–Kier alpha value is -2.04. The lowest BCUT2D eigenvalue weighted by Crippen LogP contribution is -2.02. The van der Waals surface area contributed by atoms with Crippen LogP contribution in [0.5, 0.6) is 11.5 Å². The average molecular weight is 402 g/mol. The molecule has 2 rings (SSSR count). The van der Waals surface area contributed by atoms with Gasteiger partial charge in [-0.05, 0) is 37.0 Å². The first kappa shape index (κ1) is 23.2. The first-order valence-electron chi connectivity index (χ1n) is 11.4. The average Bonchev–Trinajstić information content (AvgIpc) is 3.21. The quantitative estimate of drug-likeness (QED) is 0.324. The first-order chi connectivity index (χ1) is 14.3. The fourth-order valence-corrected chi connectivity index (χ4v) is 3.64. The molecule has 0 amide bonds. The first-order valence-corrected chi connectivity index (χ1v) is 11.4. The van der Waals surface area contributed by atoms with Gasteiger partial charge in [0, 0.05) is 12.7 Å². The van der Waals surface area contributed by atoms with Crippen molar-refractivity contribution in [2.75, 3.05) is 14.2 Å². The van der Waals surface area contributed by atoms with E-state index in [1.807, 2.05) is 16.8 Å². The van der Waals surface area contributed by atoms with Gasteiger partial charge in [0.2, 0.25) is 0 Å². The third-order valence-corrected chi connectivity index (χ3v) is 5.45. The van der Waals surface area contributed by atoms with Crippen LogP contribution >= 0.6 is 0 Å². The molecule has 0 aliphatic carbocycles. The van der Waals surface area contributed by atoms with Gasteiger partial charge in [0.1, 0.15) is 0 Å². The van der Waals surface area contributed by atoms with Crippen molar-refractivity contribution in [2.45, 2.75) is 90.5 Å². The Kier molecular flexibility index (Phi) is 11.2. The number of rotatable bonds is 16. The number of hydrogen-bond acceptors (Lipinski definition) is 4. The molecule has 0 saturated carbocycles. The third kappa shape index (κ3) is 8.88. The second-order valence-electron chi connectivity index (χ2n) is 7.84. The summed E-state index contributed by atoms with van der Waals surface area (Å²) in [4.78, 5) is 0. The highest BCUT2D eigenvalue weighted by Gasteiger charge is 2.06. The summed E-state index contributed by atoms with van der Waals surface area (Å²) in [5, 5.41) is 8.62. The van der Waals surface area contributed by atoms with Crippen LogP contribution in [0.3, 0.4) is 0 Å². The maximum atomic E-state index is 5.37. The van der Waals surface area contributed by atoms with Crippen LogP contribution in [0.25, 0.3) is 0 Å². The van der Waals surface area contributed by atoms with Gasteiger partial charge in [-0.25, -0.2) is 0 Å². The molecule has 0 unspecified atom stereocenters. The van der Waals surface area contributed by atoms with E-state index >= 15 is 0 Å². The molecule has 0 bridgehead atoms. The van der Waals surface area contributed by atoms with Crippen LogP contribution in [-0.4, -0.2) is 29.2 Å². The van der Waals surface area contributed by atoms with Gasteiger partial charge in [0.25, 0.3) is 0 Å². The van der Waals surface area contributed by atoms with Crippen LogP contribution in [0.2, 0.25) is 0 Å². The van der Waals surface area contributed by atoms with Crippen LogP contribution in [0.15, 0.2) is 24.4 Å². The topological polar surface area (TPSA) is 49.2 Å². The Balaban J connectivity index is 1.59. The van der Waals surface area contributed by atoms with Crippen LogP contribution < -0.4 is 9.47 Å². The minimum absolute atomic E-state index is 0.760. The highest BCUT2D eigenvalue weighted by atomic mass is 16.5. The number of aromatic nitrogens is 3. The number of methoxy groups -OCH3 is 2. The van der Waals surface area contributed by atoms with Gasteiger partial charge in [-0.15, -0.1) is 5.10 Å². The zero-order valence-corrected chi connectivity index (χ0v) is 18.7. The van der Waals surface area contributed by atoms with Crippen molar-refractivity contribution in [3.8, 4) is 11.5 Å². The van der Waals surface area contributed by atoms with Crippen molar-refractivity contribution in [3.63, 3.8) is 0 Å². The molecule has 29 heavy (non-hydrogen) atoms. The molecule has 0 fully saturated rings. The van der Waals surface area contributed by atoms with Gasteiger partial charge in [0.15, 0.2) is 11.5 Å². The number of unbranched alkanes of at least 4 members (excludes halogenated alkanes) is 9. The minimum Gasteiger partial charge on any atom is -0.493 e. The van der Waals surface area contributed by atoms with Gasteiger partial charge in [-0.2, -0.15) is 0 Å². The molecule has 1 aromatic heterocycles. The van der Waals surface area contributed by atoms with Crippen LogP contribution in [-0.2, 0) is 19.4 Å². The summed E-state index contributed by atoms with van der Waals surface area (Å²) in [7, 11) is 3.32. The Labute approximate surface area is 176 Å². The zero-order chi connectivity index (χ0) is 20.7. The molecule has 0 N–H and O–H groups in total. The molecule has 0 aliphatic heterocycles. The van der Waals surface area contributed by atoms with E-state index < -0.39 is 0 Å². The number of benzene rings is 1. The zero-order valence-electron chi connectivity index (χ0n) is 18.7. The van der Waals surface area contributed by atoms with Crippen molar-refractivity contribution >= 4 is 0 Å². The van der Waals surface area contributed by atoms with Crippen LogP contribution in [0.1, 0.15) is 82.4 Å². The van der Waals surface area contributed by atoms with Gasteiger partial charge in [0.05, 0.1) is 19.9 Å². The second-order valence-corrected chi connectivity index (χ2v) is 7.84. The van der Waals surface area contributed by atoms with Crippen molar-refractivity contribution < 1.29 is 9.47 Å². The van der Waals surface area contributed by atoms with Crippen molar-refractivity contribution in [3.05, 3.63) is 35.7 Å². The minimum atomic E-state index is 0.760. The highest BCUT2D eigenvalue weighted by Crippen LogP contribution is 2.27. The Morgan fingerprint density at radius 1 is 0.793 bits per heavy atom. The molecule has 1 aromatic carbocycles. The fraction of sp³-hybridized carbons (Fsp3) is 0.667. The van der Waals surface area contributed by atoms with E-state index in [4.69, 9.17) is 9.47 Å². The van der Waals surface area contributed by atoms with E-state index in [0.29, 0.717) is 0 Å². The number of aryl methyl sites for hydroxylation is 3. The van der Waals surface area contributed by atoms with Crippen molar-refractivity contribution in [1.82, 2.24) is 15.0 Å². The fourth-order valence-electron chi connectivity index (χ4n) is 3.64. The van der Waals surface area contributed by atoms with Gasteiger partial charge in [-0.3, -0.25) is 4.68 Å². The predicted octanol–water partition coefficient (Wildman–Crippen LogP) is 6.00. The molecule has 0 aliphatic rings. The predicted molar refractivity (Wildman–Crippen MR) is 119 cm³/mol. The summed E-state index contributed by atoms with van der Waals surface area (Å²) >= 11 is 0. The van der Waals surface area contributed by atoms with E-state index in [9.17, 15) is 0 Å². The lowest BCUT2D eigenvalue weighted by Gasteiger charge is -2.09. The van der Waals surface area contributed by atoms with E-state index in [1.54, 1.807) is 14.2 Å². The van der Waals surface area contributed by atoms with Crippen molar-refractivity contribution in [2.24, 2.45) is 0 Å².